The van der Waals surface area contributed by atoms with Gasteiger partial charge in [0.2, 0.25) is 0 Å². The summed E-state index contributed by atoms with van der Waals surface area (Å²) in [5.74, 6) is 12.6. The number of nitrogens with one attached hydrogen (secondary N) is 2. The van der Waals surface area contributed by atoms with Gasteiger partial charge in [-0.05, 0) is 106 Å². The highest BCUT2D eigenvalue weighted by Gasteiger charge is 2.23. The lowest BCUT2D eigenvalue weighted by Gasteiger charge is -2.09. The minimum Gasteiger partial charge on any atom is -0.495 e. The predicted molar refractivity (Wildman–Crippen MR) is 371 cm³/mol. The Hall–Kier alpha value is -8.86. The Kier molecular flexibility index (Phi) is 35.4. The fourth-order valence-electron chi connectivity index (χ4n) is 7.06. The first kappa shape index (κ1) is 84.4. The van der Waals surface area contributed by atoms with Gasteiger partial charge in [0.15, 0.2) is 32.5 Å². The van der Waals surface area contributed by atoms with Gasteiger partial charge in [-0.1, -0.05) is 53.5 Å². The third kappa shape index (κ3) is 27.4. The number of carbonyl (C=O) groups is 2. The van der Waals surface area contributed by atoms with E-state index in [0.29, 0.717) is 39.8 Å². The number of nitrogens with two attached hydrogens (primary N) is 3. The molecule has 0 bridgehead atoms. The molecule has 11 N–H and O–H groups in total. The van der Waals surface area contributed by atoms with Crippen LogP contribution in [0.2, 0.25) is 10.0 Å². The number of rotatable bonds is 19. The number of ether oxygens (including phenoxy) is 5. The van der Waals surface area contributed by atoms with Crippen molar-refractivity contribution in [1.82, 2.24) is 53.6 Å². The van der Waals surface area contributed by atoms with Crippen molar-refractivity contribution < 1.29 is 77.9 Å². The number of aromatic nitrogens is 9. The second-order valence-corrected chi connectivity index (χ2v) is 27.1. The minimum atomic E-state index is -4.08. The van der Waals surface area contributed by atoms with Gasteiger partial charge in [-0.2, -0.15) is 0 Å². The van der Waals surface area contributed by atoms with Crippen LogP contribution in [0.3, 0.4) is 0 Å². The molecule has 10 rings (SSSR count). The number of carboxylic acids is 1. The Labute approximate surface area is 594 Å². The Morgan fingerprint density at radius 3 is 1.34 bits per heavy atom. The molecule has 0 atom stereocenters. The van der Waals surface area contributed by atoms with Gasteiger partial charge in [-0.15, -0.1) is 16.6 Å². The lowest BCUT2D eigenvalue weighted by molar-refractivity contribution is 0.0691. The first-order valence-corrected chi connectivity index (χ1v) is 34.9. The molecule has 0 unspecified atom stereocenters. The zero-order chi connectivity index (χ0) is 72.8. The average Bonchev–Trinajstić information content (AvgIpc) is 1.80. The van der Waals surface area contributed by atoms with E-state index >= 15 is 0 Å². The number of carboxylic acid groups (broad SMARTS) is 1. The second kappa shape index (κ2) is 41.5. The number of methoxy groups -OCH3 is 5. The van der Waals surface area contributed by atoms with Crippen LogP contribution in [0.15, 0.2) is 196 Å². The number of aryl methyl sites for hydroxylation is 2. The van der Waals surface area contributed by atoms with Crippen molar-refractivity contribution >= 4 is 102 Å². The number of Topliss-reactive ketones (excluding diaryl/α,β-unsaturated/α-hetero) is 1. The van der Waals surface area contributed by atoms with E-state index in [4.69, 9.17) is 68.5 Å². The van der Waals surface area contributed by atoms with Crippen molar-refractivity contribution in [2.45, 2.75) is 25.9 Å². The SMILES string of the molecule is COc1ccc(Br)nc1.COc1ccc(S(=O)(=O)Cl)nc1.COc1ccc(S(=O)(=O)NCC(=O)c2cc(-c3cn(C)cn3)cc(Cl)c2F)nc1.COc1ccc(S(=O)(=O)NN)nc1.COc1ccc(SCc2ccccc2)nc1.Cn1cnc(-c2cc(Cl)c(F)c(C(=O)O)c2)c1.NN.O. The molecule has 7 heterocycles. The molecule has 39 heteroatoms. The lowest BCUT2D eigenvalue weighted by atomic mass is 10.0. The molecule has 0 aliphatic heterocycles. The van der Waals surface area contributed by atoms with Crippen LogP contribution >= 0.6 is 61.6 Å². The van der Waals surface area contributed by atoms with Gasteiger partial charge in [0, 0.05) is 54.1 Å². The summed E-state index contributed by atoms with van der Waals surface area (Å²) in [7, 11) is 4.71. The third-order valence-corrected chi connectivity index (χ3v) is 17.6. The summed E-state index contributed by atoms with van der Waals surface area (Å²) in [6, 6.07) is 31.3. The van der Waals surface area contributed by atoms with Crippen LogP contribution in [0.5, 0.6) is 28.7 Å². The molecule has 0 saturated heterocycles. The topological polar surface area (TPSA) is 437 Å². The molecule has 3 aromatic carbocycles. The number of hydrazine groups is 2. The summed E-state index contributed by atoms with van der Waals surface area (Å²) in [6.07, 6.45) is 13.7. The second-order valence-electron chi connectivity index (χ2n) is 18.5. The molecule has 0 aliphatic carbocycles. The molecule has 99 heavy (non-hydrogen) atoms. The number of nitrogens with zero attached hydrogens (tertiary/aromatic N) is 9. The van der Waals surface area contributed by atoms with E-state index in [2.05, 4.69) is 91.5 Å². The van der Waals surface area contributed by atoms with E-state index in [1.165, 1.54) is 106 Å². The number of hydrogen-bond acceptors (Lipinski definition) is 24. The largest absolute Gasteiger partial charge is 0.495 e. The molecular formula is C60H64BrCl3F2N14O15S4. The Balaban J connectivity index is 0.000000320. The van der Waals surface area contributed by atoms with Crippen LogP contribution < -0.4 is 50.8 Å². The van der Waals surface area contributed by atoms with Gasteiger partial charge in [0.1, 0.15) is 33.4 Å². The first-order chi connectivity index (χ1) is 46.5. The Morgan fingerprint density at radius 1 is 0.576 bits per heavy atom. The molecule has 0 radical (unpaired) electrons. The molecule has 29 nitrogen and oxygen atoms in total. The van der Waals surface area contributed by atoms with Crippen LogP contribution in [-0.4, -0.2) is 134 Å². The van der Waals surface area contributed by atoms with E-state index in [0.717, 1.165) is 26.9 Å². The summed E-state index contributed by atoms with van der Waals surface area (Å²) < 4.78 is 127. The normalized spacial score (nSPS) is 10.5. The molecule has 530 valence electrons. The minimum absolute atomic E-state index is 0. The number of imidazole rings is 2. The molecule has 0 amide bonds. The standard InChI is InChI=1S/C18H16ClFN4O4S.C13H13NOS.C11H8ClFN2O2.C6H6BrNO.C6H6ClNO3S.C6H9N3O3S.H4N2.H2O/c1-24-9-15(22-10-24)11-5-13(18(20)14(19)6-11)16(25)8-23-29(26,27)17-4-3-12(28-2)7-21-17;1-15-12-7-8-13(14-9-12)16-10-11-5-3-2-4-6-11;1-15-4-9(14-5-15)6-2-7(11(16)17)10(13)8(12)3-6;1-9-5-2-3-6(7)8-4-5;1-11-5-2-3-6(8-4-5)12(7,9)10;1-12-5-2-3-6(8-4-5)13(10,11)9-7;1-2;/h3-7,9-10,23H,8H2,1-2H3;2-9H,10H2,1H3;2-5H,1H3,(H,16,17);2-4H,1H3;2-4H,1H3;2-4,9H,7H2,1H3;1-2H2;1H2. The highest BCUT2D eigenvalue weighted by atomic mass is 79.9. The van der Waals surface area contributed by atoms with Crippen molar-refractivity contribution in [3.05, 3.63) is 214 Å². The maximum absolute atomic E-state index is 14.4. The van der Waals surface area contributed by atoms with Crippen LogP contribution in [0.1, 0.15) is 26.3 Å². The van der Waals surface area contributed by atoms with Crippen LogP contribution in [0.25, 0.3) is 22.5 Å². The summed E-state index contributed by atoms with van der Waals surface area (Å²) in [5, 5.41) is 8.74. The highest BCUT2D eigenvalue weighted by Crippen LogP contribution is 2.29. The molecule has 7 aromatic heterocycles. The summed E-state index contributed by atoms with van der Waals surface area (Å²) in [6.45, 7) is -0.672. The average molecular weight is 1570 g/mol. The van der Waals surface area contributed by atoms with Gasteiger partial charge >= 0.3 is 5.97 Å². The zero-order valence-corrected chi connectivity index (χ0v) is 60.1. The van der Waals surface area contributed by atoms with Crippen LogP contribution in [0.4, 0.5) is 8.78 Å². The van der Waals surface area contributed by atoms with Gasteiger partial charge in [0.25, 0.3) is 29.1 Å². The van der Waals surface area contributed by atoms with Crippen molar-refractivity contribution in [2.75, 3.05) is 42.1 Å². The number of benzene rings is 3. The molecular weight excluding hydrogens is 1510 g/mol. The van der Waals surface area contributed by atoms with Crippen LogP contribution in [0, 0.1) is 11.6 Å². The summed E-state index contributed by atoms with van der Waals surface area (Å²) in [5.41, 5.74) is 2.43. The van der Waals surface area contributed by atoms with Crippen molar-refractivity contribution in [1.29, 1.82) is 0 Å². The fraction of sp³-hybridized carbons (Fsp3) is 0.150. The number of thioether (sulfide) groups is 1. The van der Waals surface area contributed by atoms with Gasteiger partial charge in [-0.3, -0.25) is 22.3 Å². The van der Waals surface area contributed by atoms with E-state index in [1.54, 1.807) is 91.5 Å². The first-order valence-electron chi connectivity index (χ1n) is 27.1. The van der Waals surface area contributed by atoms with E-state index in [1.807, 2.05) is 30.3 Å². The smallest absolute Gasteiger partial charge is 0.338 e. The number of hydrogen-bond donors (Lipinski definition) is 6. The molecule has 10 aromatic rings. The molecule has 0 saturated carbocycles. The quantitative estimate of drug-likeness (QED) is 0.0110. The van der Waals surface area contributed by atoms with Gasteiger partial charge in [-0.25, -0.2) is 78.4 Å². The fourth-order valence-corrected chi connectivity index (χ4v) is 10.7. The Morgan fingerprint density at radius 2 is 0.980 bits per heavy atom. The monoisotopic (exact) mass is 1570 g/mol. The maximum Gasteiger partial charge on any atom is 0.338 e. The van der Waals surface area contributed by atoms with Gasteiger partial charge < -0.3 is 43.4 Å². The van der Waals surface area contributed by atoms with Crippen molar-refractivity contribution in [3.8, 4) is 51.3 Å². The predicted octanol–water partition coefficient (Wildman–Crippen LogP) is 8.51. The van der Waals surface area contributed by atoms with Crippen LogP contribution in [-0.2, 0) is 48.9 Å². The number of ketones is 1. The number of pyridine rings is 5. The maximum atomic E-state index is 14.4. The molecule has 0 spiro atoms. The van der Waals surface area contributed by atoms with Crippen molar-refractivity contribution in [3.63, 3.8) is 0 Å². The lowest BCUT2D eigenvalue weighted by Crippen LogP contribution is -2.30. The summed E-state index contributed by atoms with van der Waals surface area (Å²) in [4.78, 5) is 52.4. The Bertz CT molecular complexity index is 4540. The number of sulfonamides is 2. The van der Waals surface area contributed by atoms with E-state index in [9.17, 15) is 43.6 Å². The molecule has 0 aliphatic rings. The van der Waals surface area contributed by atoms with Crippen molar-refractivity contribution in [2.24, 2.45) is 31.6 Å². The number of halogens is 6. The van der Waals surface area contributed by atoms with E-state index in [-0.39, 0.29) is 36.2 Å². The van der Waals surface area contributed by atoms with E-state index < -0.39 is 64.6 Å². The third-order valence-electron chi connectivity index (χ3n) is 11.9. The summed E-state index contributed by atoms with van der Waals surface area (Å²) >= 11 is 16.5. The van der Waals surface area contributed by atoms with Gasteiger partial charge in [0.05, 0.1) is 123 Å². The number of aromatic carboxylic acids is 1. The zero-order valence-electron chi connectivity index (χ0n) is 53.0. The number of carbonyl (C=O) groups excluding carboxylic acids is 1. The highest BCUT2D eigenvalue weighted by molar-refractivity contribution is 9.10. The molecule has 0 fully saturated rings.